The van der Waals surface area contributed by atoms with Gasteiger partial charge in [0.25, 0.3) is 5.69 Å². The Hall–Kier alpha value is -3.49. The van der Waals surface area contributed by atoms with Crippen molar-refractivity contribution in [2.75, 3.05) is 16.9 Å². The molecular weight excluding hydrogens is 462 g/mol. The maximum atomic E-state index is 14.4. The van der Waals surface area contributed by atoms with E-state index in [4.69, 9.17) is 0 Å². The first kappa shape index (κ1) is 22.0. The Bertz CT molecular complexity index is 1370. The van der Waals surface area contributed by atoms with Crippen molar-refractivity contribution in [3.63, 3.8) is 0 Å². The molecule has 3 aliphatic rings. The quantitative estimate of drug-likeness (QED) is 0.327. The highest BCUT2D eigenvalue weighted by Crippen LogP contribution is 2.61. The first-order chi connectivity index (χ1) is 16.9. The van der Waals surface area contributed by atoms with Gasteiger partial charge in [-0.05, 0) is 18.6 Å². The van der Waals surface area contributed by atoms with Gasteiger partial charge in [0.1, 0.15) is 5.54 Å². The molecule has 3 aromatic rings. The number of nitro benzene ring substituents is 1. The van der Waals surface area contributed by atoms with Crippen LogP contribution in [0.5, 0.6) is 0 Å². The van der Waals surface area contributed by atoms with Crippen molar-refractivity contribution in [2.45, 2.75) is 24.4 Å². The van der Waals surface area contributed by atoms with Gasteiger partial charge in [-0.1, -0.05) is 60.2 Å². The van der Waals surface area contributed by atoms with Crippen molar-refractivity contribution in [1.29, 1.82) is 0 Å². The first-order valence-electron chi connectivity index (χ1n) is 11.5. The minimum Gasteiger partial charge on any atom is -0.324 e. The third-order valence-corrected chi connectivity index (χ3v) is 8.65. The van der Waals surface area contributed by atoms with Crippen LogP contribution in [0.3, 0.4) is 0 Å². The monoisotopic (exact) mass is 485 g/mol. The molecule has 0 aliphatic carbocycles. The molecule has 0 saturated carbocycles. The lowest BCUT2D eigenvalue weighted by Gasteiger charge is -2.36. The van der Waals surface area contributed by atoms with Crippen molar-refractivity contribution in [3.05, 3.63) is 105 Å². The van der Waals surface area contributed by atoms with Gasteiger partial charge in [-0.25, -0.2) is 0 Å². The van der Waals surface area contributed by atoms with Gasteiger partial charge in [-0.3, -0.25) is 24.6 Å². The SMILES string of the molecule is Cc1ccc(C(=O)C2C(c3cccc([N+](=O)[O-])c3)C3CSCN3[C@@]23C(=O)Nc2ccccc23)cc1. The third-order valence-electron chi connectivity index (χ3n) is 7.61. The molecule has 1 spiro atoms. The molecule has 3 aromatic carbocycles. The van der Waals surface area contributed by atoms with Crippen molar-refractivity contribution in [2.24, 2.45) is 5.92 Å². The topological polar surface area (TPSA) is 92.5 Å². The first-order valence-corrected chi connectivity index (χ1v) is 12.7. The highest BCUT2D eigenvalue weighted by Gasteiger charge is 2.69. The maximum absolute atomic E-state index is 14.4. The molecule has 0 aromatic heterocycles. The summed E-state index contributed by atoms with van der Waals surface area (Å²) >= 11 is 1.72. The maximum Gasteiger partial charge on any atom is 0.269 e. The predicted octanol–water partition coefficient (Wildman–Crippen LogP) is 4.72. The molecule has 35 heavy (non-hydrogen) atoms. The number of benzene rings is 3. The van der Waals surface area contributed by atoms with Crippen molar-refractivity contribution < 1.29 is 14.5 Å². The number of nitrogens with one attached hydrogen (secondary N) is 1. The molecule has 2 saturated heterocycles. The van der Waals surface area contributed by atoms with Crippen molar-refractivity contribution >= 4 is 34.8 Å². The molecule has 2 fully saturated rings. The smallest absolute Gasteiger partial charge is 0.269 e. The number of rotatable bonds is 4. The summed E-state index contributed by atoms with van der Waals surface area (Å²) in [5, 5.41) is 14.6. The normalized spacial score (nSPS) is 27.0. The zero-order valence-corrected chi connectivity index (χ0v) is 19.8. The van der Waals surface area contributed by atoms with Crippen LogP contribution in [0.2, 0.25) is 0 Å². The molecule has 3 heterocycles. The van der Waals surface area contributed by atoms with Gasteiger partial charge in [0.15, 0.2) is 5.78 Å². The van der Waals surface area contributed by atoms with Gasteiger partial charge in [-0.2, -0.15) is 0 Å². The number of carbonyl (C=O) groups is 2. The zero-order valence-electron chi connectivity index (χ0n) is 19.0. The number of aryl methyl sites for hydroxylation is 1. The van der Waals surface area contributed by atoms with Crippen LogP contribution in [-0.4, -0.2) is 39.2 Å². The van der Waals surface area contributed by atoms with E-state index in [0.717, 1.165) is 28.1 Å². The lowest BCUT2D eigenvalue weighted by atomic mass is 9.69. The van der Waals surface area contributed by atoms with E-state index in [1.54, 1.807) is 23.9 Å². The second kappa shape index (κ2) is 8.03. The lowest BCUT2D eigenvalue weighted by Crippen LogP contribution is -2.52. The molecule has 0 bridgehead atoms. The molecule has 7 nitrogen and oxygen atoms in total. The van der Waals surface area contributed by atoms with Gasteiger partial charge in [0, 0.05) is 52.5 Å². The Balaban J connectivity index is 1.61. The number of amides is 1. The summed E-state index contributed by atoms with van der Waals surface area (Å²) in [7, 11) is 0. The molecule has 3 unspecified atom stereocenters. The van der Waals surface area contributed by atoms with Crippen LogP contribution in [-0.2, 0) is 10.3 Å². The summed E-state index contributed by atoms with van der Waals surface area (Å²) < 4.78 is 0. The van der Waals surface area contributed by atoms with Crippen LogP contribution < -0.4 is 5.32 Å². The third kappa shape index (κ3) is 3.10. The molecule has 1 N–H and O–H groups in total. The molecule has 1 amide bonds. The van der Waals surface area contributed by atoms with E-state index in [9.17, 15) is 19.7 Å². The summed E-state index contributed by atoms with van der Waals surface area (Å²) in [6.45, 7) is 1.96. The number of hydrogen-bond acceptors (Lipinski definition) is 6. The highest BCUT2D eigenvalue weighted by molar-refractivity contribution is 7.99. The zero-order chi connectivity index (χ0) is 24.3. The fourth-order valence-electron chi connectivity index (χ4n) is 6.15. The number of fused-ring (bicyclic) bond motifs is 4. The van der Waals surface area contributed by atoms with E-state index >= 15 is 0 Å². The van der Waals surface area contributed by atoms with E-state index < -0.39 is 16.4 Å². The number of para-hydroxylation sites is 1. The second-order valence-corrected chi connectivity index (χ2v) is 10.4. The van der Waals surface area contributed by atoms with Crippen LogP contribution in [0.1, 0.15) is 33.0 Å². The number of ketones is 1. The summed E-state index contributed by atoms with van der Waals surface area (Å²) in [5.41, 5.74) is 2.63. The van der Waals surface area contributed by atoms with Crippen LogP contribution in [0, 0.1) is 23.0 Å². The van der Waals surface area contributed by atoms with Crippen LogP contribution >= 0.6 is 11.8 Å². The largest absolute Gasteiger partial charge is 0.324 e. The molecule has 0 radical (unpaired) electrons. The molecule has 176 valence electrons. The minimum absolute atomic E-state index is 0.0153. The average molecular weight is 486 g/mol. The van der Waals surface area contributed by atoms with Gasteiger partial charge >= 0.3 is 0 Å². The van der Waals surface area contributed by atoms with Crippen molar-refractivity contribution in [3.8, 4) is 0 Å². The van der Waals surface area contributed by atoms with Crippen molar-refractivity contribution in [1.82, 2.24) is 4.90 Å². The fraction of sp³-hybridized carbons (Fsp3) is 0.259. The van der Waals surface area contributed by atoms with E-state index in [0.29, 0.717) is 11.4 Å². The Kier molecular flexibility index (Phi) is 5.05. The average Bonchev–Trinajstić information content (AvgIpc) is 3.52. The fourth-order valence-corrected chi connectivity index (χ4v) is 7.47. The molecular formula is C27H23N3O4S. The number of Topliss-reactive ketones (excluding diaryl/α,β-unsaturated/α-hetero) is 1. The number of anilines is 1. The van der Waals surface area contributed by atoms with E-state index in [-0.39, 0.29) is 29.3 Å². The summed E-state index contributed by atoms with van der Waals surface area (Å²) in [4.78, 5) is 41.6. The van der Waals surface area contributed by atoms with E-state index in [2.05, 4.69) is 10.2 Å². The molecule has 3 aliphatic heterocycles. The number of nitrogens with zero attached hydrogens (tertiary/aromatic N) is 2. The van der Waals surface area contributed by atoms with E-state index in [1.807, 2.05) is 61.5 Å². The number of hydrogen-bond donors (Lipinski definition) is 1. The Labute approximate surface area is 206 Å². The van der Waals surface area contributed by atoms with Crippen LogP contribution in [0.4, 0.5) is 11.4 Å². The highest BCUT2D eigenvalue weighted by atomic mass is 32.2. The van der Waals surface area contributed by atoms with Gasteiger partial charge in [0.2, 0.25) is 5.91 Å². The number of non-ortho nitro benzene ring substituents is 1. The Morgan fingerprint density at radius 1 is 1.11 bits per heavy atom. The van der Waals surface area contributed by atoms with Crippen LogP contribution in [0.15, 0.2) is 72.8 Å². The molecule has 8 heteroatoms. The number of carbonyl (C=O) groups excluding carboxylic acids is 2. The summed E-state index contributed by atoms with van der Waals surface area (Å²) in [5.74, 6) is -0.0904. The standard InChI is InChI=1S/C27H23N3O4S/c1-16-9-11-17(12-10-16)25(31)24-23(18-5-4-6-19(13-18)30(33)34)22-14-35-15-29(22)27(24)20-7-2-3-8-21(20)28-26(27)32/h2-13,22-24H,14-15H2,1H3,(H,28,32)/t22?,23?,24?,27-/m1/s1. The summed E-state index contributed by atoms with van der Waals surface area (Å²) in [6, 6.07) is 21.4. The van der Waals surface area contributed by atoms with Gasteiger partial charge in [-0.15, -0.1) is 11.8 Å². The molecule has 6 rings (SSSR count). The Morgan fingerprint density at radius 3 is 2.66 bits per heavy atom. The lowest BCUT2D eigenvalue weighted by molar-refractivity contribution is -0.384. The van der Waals surface area contributed by atoms with E-state index in [1.165, 1.54) is 6.07 Å². The predicted molar refractivity (Wildman–Crippen MR) is 135 cm³/mol. The Morgan fingerprint density at radius 2 is 1.89 bits per heavy atom. The number of thioether (sulfide) groups is 1. The van der Waals surface area contributed by atoms with Gasteiger partial charge < -0.3 is 5.32 Å². The summed E-state index contributed by atoms with van der Waals surface area (Å²) in [6.07, 6.45) is 0. The number of nitro groups is 1. The van der Waals surface area contributed by atoms with Crippen LogP contribution in [0.25, 0.3) is 0 Å². The minimum atomic E-state index is -1.18. The molecule has 4 atom stereocenters. The van der Waals surface area contributed by atoms with Gasteiger partial charge in [0.05, 0.1) is 10.8 Å². The second-order valence-electron chi connectivity index (χ2n) is 9.39.